The number of carbonyl (C=O) groups excluding carboxylic acids is 1. The van der Waals surface area contributed by atoms with Crippen LogP contribution in [-0.2, 0) is 23.8 Å². The summed E-state index contributed by atoms with van der Waals surface area (Å²) in [5, 5.41) is 4.24. The molecule has 1 atom stereocenters. The standard InChI is InChI=1S/C20H19BrF3N5O2S/c1-8(28-15(10-6-7-10)14(21)16(26-28)20(22,23)24)17(30)27-29-9(2)25-18-13(19(29)31)11-4-3-5-12(11)32-18/h8,10H,3-7H2,1-2H3,(H,27,30). The van der Waals surface area contributed by atoms with Crippen LogP contribution in [0.2, 0.25) is 0 Å². The monoisotopic (exact) mass is 529 g/mol. The molecule has 0 aromatic carbocycles. The van der Waals surface area contributed by atoms with Crippen LogP contribution in [0.5, 0.6) is 0 Å². The van der Waals surface area contributed by atoms with Gasteiger partial charge in [0, 0.05) is 10.8 Å². The molecule has 1 N–H and O–H groups in total. The van der Waals surface area contributed by atoms with Gasteiger partial charge < -0.3 is 0 Å². The molecule has 0 spiro atoms. The van der Waals surface area contributed by atoms with Crippen molar-refractivity contribution in [3.8, 4) is 0 Å². The lowest BCUT2D eigenvalue weighted by Gasteiger charge is -2.18. The predicted molar refractivity (Wildman–Crippen MR) is 117 cm³/mol. The number of carbonyl (C=O) groups is 1. The molecule has 0 saturated heterocycles. The van der Waals surface area contributed by atoms with E-state index in [1.807, 2.05) is 0 Å². The summed E-state index contributed by atoms with van der Waals surface area (Å²) < 4.78 is 42.3. The number of halogens is 4. The van der Waals surface area contributed by atoms with Crippen LogP contribution in [0.4, 0.5) is 13.2 Å². The lowest BCUT2D eigenvalue weighted by molar-refractivity contribution is -0.142. The van der Waals surface area contributed by atoms with E-state index in [2.05, 4.69) is 31.4 Å². The molecule has 0 bridgehead atoms. The van der Waals surface area contributed by atoms with Crippen LogP contribution in [0.15, 0.2) is 9.27 Å². The van der Waals surface area contributed by atoms with Crippen LogP contribution in [0.25, 0.3) is 10.2 Å². The van der Waals surface area contributed by atoms with Crippen LogP contribution in [-0.4, -0.2) is 25.3 Å². The molecule has 12 heteroatoms. The van der Waals surface area contributed by atoms with Crippen molar-refractivity contribution in [3.63, 3.8) is 0 Å². The average molecular weight is 530 g/mol. The first-order chi connectivity index (χ1) is 15.1. The Morgan fingerprint density at radius 2 is 2.03 bits per heavy atom. The lowest BCUT2D eigenvalue weighted by Crippen LogP contribution is -2.39. The van der Waals surface area contributed by atoms with Gasteiger partial charge >= 0.3 is 6.18 Å². The number of rotatable bonds is 4. The van der Waals surface area contributed by atoms with E-state index >= 15 is 0 Å². The summed E-state index contributed by atoms with van der Waals surface area (Å²) in [7, 11) is 0. The average Bonchev–Trinajstić information content (AvgIpc) is 3.17. The van der Waals surface area contributed by atoms with Crippen LogP contribution in [0.1, 0.15) is 65.8 Å². The maximum atomic E-state index is 13.4. The molecule has 170 valence electrons. The molecule has 2 aliphatic rings. The van der Waals surface area contributed by atoms with Crippen LogP contribution < -0.4 is 11.0 Å². The number of nitrogens with zero attached hydrogens (tertiary/aromatic N) is 4. The van der Waals surface area contributed by atoms with Crippen LogP contribution in [0.3, 0.4) is 0 Å². The van der Waals surface area contributed by atoms with Gasteiger partial charge in [-0.3, -0.25) is 19.7 Å². The van der Waals surface area contributed by atoms with E-state index in [0.717, 1.165) is 51.9 Å². The highest BCUT2D eigenvalue weighted by Crippen LogP contribution is 2.47. The Labute approximate surface area is 192 Å². The van der Waals surface area contributed by atoms with E-state index < -0.39 is 23.8 Å². The third kappa shape index (κ3) is 3.38. The highest BCUT2D eigenvalue weighted by atomic mass is 79.9. The number of nitrogens with one attached hydrogen (secondary N) is 1. The Kier molecular flexibility index (Phi) is 5.01. The number of alkyl halides is 3. The maximum absolute atomic E-state index is 13.4. The fourth-order valence-electron chi connectivity index (χ4n) is 4.22. The van der Waals surface area contributed by atoms with Crippen molar-refractivity contribution < 1.29 is 18.0 Å². The molecule has 3 aromatic heterocycles. The van der Waals surface area contributed by atoms with Crippen molar-refractivity contribution in [2.24, 2.45) is 0 Å². The van der Waals surface area contributed by atoms with E-state index in [-0.39, 0.29) is 15.9 Å². The highest BCUT2D eigenvalue weighted by Gasteiger charge is 2.43. The second-order valence-electron chi connectivity index (χ2n) is 8.25. The quantitative estimate of drug-likeness (QED) is 0.541. The Morgan fingerprint density at radius 1 is 1.31 bits per heavy atom. The molecule has 1 saturated carbocycles. The number of hydrogen-bond donors (Lipinski definition) is 1. The zero-order valence-electron chi connectivity index (χ0n) is 17.2. The molecule has 3 aromatic rings. The molecule has 32 heavy (non-hydrogen) atoms. The minimum atomic E-state index is -4.65. The van der Waals surface area contributed by atoms with E-state index in [4.69, 9.17) is 0 Å². The molecule has 2 aliphatic carbocycles. The first kappa shape index (κ1) is 21.6. The second kappa shape index (κ2) is 7.41. The SMILES string of the molecule is Cc1nc2sc3c(c2c(=O)n1NC(=O)C(C)n1nc(C(F)(F)F)c(Br)c1C1CC1)CCC3. The second-order valence-corrected chi connectivity index (χ2v) is 10.1. The summed E-state index contributed by atoms with van der Waals surface area (Å²) in [5.41, 5.74) is 2.48. The summed E-state index contributed by atoms with van der Waals surface area (Å²) in [6.45, 7) is 3.08. The smallest absolute Gasteiger partial charge is 0.271 e. The molecule has 7 nitrogen and oxygen atoms in total. The fraction of sp³-hybridized carbons (Fsp3) is 0.500. The lowest BCUT2D eigenvalue weighted by atomic mass is 10.2. The Balaban J connectivity index is 1.51. The molecule has 0 aliphatic heterocycles. The Morgan fingerprint density at radius 3 is 2.69 bits per heavy atom. The highest BCUT2D eigenvalue weighted by molar-refractivity contribution is 9.10. The van der Waals surface area contributed by atoms with Gasteiger partial charge in [0.15, 0.2) is 5.69 Å². The third-order valence-electron chi connectivity index (χ3n) is 5.99. The van der Waals surface area contributed by atoms with Crippen LogP contribution >= 0.6 is 27.3 Å². The summed E-state index contributed by atoms with van der Waals surface area (Å²) in [6.07, 6.45) is -0.486. The third-order valence-corrected chi connectivity index (χ3v) is 7.96. The van der Waals surface area contributed by atoms with Crippen molar-refractivity contribution in [2.45, 2.75) is 64.1 Å². The number of amides is 1. The first-order valence-corrected chi connectivity index (χ1v) is 11.9. The van der Waals surface area contributed by atoms with Gasteiger partial charge in [-0.1, -0.05) is 0 Å². The number of fused-ring (bicyclic) bond motifs is 3. The largest absolute Gasteiger partial charge is 0.436 e. The Hall–Kier alpha value is -2.21. The molecular formula is C20H19BrF3N5O2S. The molecule has 3 heterocycles. The maximum Gasteiger partial charge on any atom is 0.436 e. The van der Waals surface area contributed by atoms with Gasteiger partial charge in [-0.15, -0.1) is 11.3 Å². The predicted octanol–water partition coefficient (Wildman–Crippen LogP) is 4.44. The zero-order valence-corrected chi connectivity index (χ0v) is 19.6. The van der Waals surface area contributed by atoms with Gasteiger partial charge in [-0.25, -0.2) is 9.66 Å². The molecule has 1 amide bonds. The summed E-state index contributed by atoms with van der Waals surface area (Å²) in [5.74, 6) is -0.420. The van der Waals surface area contributed by atoms with Gasteiger partial charge in [0.2, 0.25) is 0 Å². The molecule has 5 rings (SSSR count). The van der Waals surface area contributed by atoms with Gasteiger partial charge in [-0.05, 0) is 67.4 Å². The van der Waals surface area contributed by atoms with Crippen molar-refractivity contribution in [2.75, 3.05) is 5.43 Å². The normalized spacial score (nSPS) is 17.1. The fourth-order valence-corrected chi connectivity index (χ4v) is 6.32. The van der Waals surface area contributed by atoms with Gasteiger partial charge in [0.05, 0.1) is 15.6 Å². The summed E-state index contributed by atoms with van der Waals surface area (Å²) in [4.78, 5) is 32.5. The minimum Gasteiger partial charge on any atom is -0.271 e. The number of aryl methyl sites for hydroxylation is 3. The molecule has 1 fully saturated rings. The summed E-state index contributed by atoms with van der Waals surface area (Å²) in [6, 6.07) is -1.06. The van der Waals surface area contributed by atoms with Crippen molar-refractivity contribution >= 4 is 43.4 Å². The number of hydrogen-bond acceptors (Lipinski definition) is 5. The van der Waals surface area contributed by atoms with E-state index in [9.17, 15) is 22.8 Å². The molecular weight excluding hydrogens is 511 g/mol. The van der Waals surface area contributed by atoms with Gasteiger partial charge in [-0.2, -0.15) is 18.3 Å². The van der Waals surface area contributed by atoms with Crippen molar-refractivity contribution in [1.82, 2.24) is 19.4 Å². The zero-order chi connectivity index (χ0) is 22.9. The van der Waals surface area contributed by atoms with E-state index in [1.165, 1.54) is 18.3 Å². The van der Waals surface area contributed by atoms with Crippen molar-refractivity contribution in [1.29, 1.82) is 0 Å². The first-order valence-electron chi connectivity index (χ1n) is 10.3. The minimum absolute atomic E-state index is 0.0842. The number of aromatic nitrogens is 4. The van der Waals surface area contributed by atoms with E-state index in [0.29, 0.717) is 21.7 Å². The van der Waals surface area contributed by atoms with Gasteiger partial charge in [0.25, 0.3) is 11.5 Å². The van der Waals surface area contributed by atoms with Gasteiger partial charge in [0.1, 0.15) is 16.7 Å². The number of thiophene rings is 1. The van der Waals surface area contributed by atoms with E-state index in [1.54, 1.807) is 6.92 Å². The topological polar surface area (TPSA) is 81.8 Å². The van der Waals surface area contributed by atoms with Crippen molar-refractivity contribution in [3.05, 3.63) is 42.5 Å². The molecule has 0 radical (unpaired) electrons. The Bertz CT molecular complexity index is 1320. The summed E-state index contributed by atoms with van der Waals surface area (Å²) >= 11 is 4.54. The van der Waals surface area contributed by atoms with Crippen LogP contribution in [0, 0.1) is 6.92 Å². The molecule has 1 unspecified atom stereocenters.